The van der Waals surface area contributed by atoms with E-state index in [-0.39, 0.29) is 18.4 Å². The fraction of sp³-hybridized carbons (Fsp3) is 0.875. The van der Waals surface area contributed by atoms with Crippen LogP contribution in [0.5, 0.6) is 0 Å². The molecule has 0 aromatic carbocycles. The third-order valence-electron chi connectivity index (χ3n) is 2.30. The number of nitrogens with zero attached hydrogens (tertiary/aromatic N) is 1. The molecule has 4 heteroatoms. The molecule has 0 aromatic rings. The molecular weight excluding hydrogens is 178 g/mol. The first-order valence-corrected chi connectivity index (χ1v) is 4.18. The first-order chi connectivity index (χ1) is 5.22. The highest BCUT2D eigenvalue weighted by Crippen LogP contribution is 2.11. The second-order valence-electron chi connectivity index (χ2n) is 3.11. The maximum atomic E-state index is 10.6. The third kappa shape index (κ3) is 2.99. The molecule has 1 aliphatic heterocycles. The summed E-state index contributed by atoms with van der Waals surface area (Å²) in [6, 6.07) is -0.296. The van der Waals surface area contributed by atoms with Gasteiger partial charge in [0.05, 0.1) is 0 Å². The fourth-order valence-corrected chi connectivity index (χ4v) is 1.46. The van der Waals surface area contributed by atoms with E-state index in [0.29, 0.717) is 0 Å². The smallest absolute Gasteiger partial charge is 0.320 e. The van der Waals surface area contributed by atoms with E-state index in [0.717, 1.165) is 25.9 Å². The molecule has 0 radical (unpaired) electrons. The average molecular weight is 193 g/mol. The van der Waals surface area contributed by atoms with E-state index in [1.807, 2.05) is 4.90 Å². The van der Waals surface area contributed by atoms with Gasteiger partial charge in [0.1, 0.15) is 6.04 Å². The molecule has 1 saturated heterocycles. The van der Waals surface area contributed by atoms with Gasteiger partial charge < -0.3 is 17.5 Å². The number of hydrogen-bond acceptors (Lipinski definition) is 2. The zero-order valence-corrected chi connectivity index (χ0v) is 8.05. The summed E-state index contributed by atoms with van der Waals surface area (Å²) in [5.74, 6) is -0.702. The van der Waals surface area contributed by atoms with Crippen LogP contribution < -0.4 is 12.4 Å². The largest absolute Gasteiger partial charge is 1.00 e. The average Bonchev–Trinajstić information content (AvgIpc) is 2.05. The Hall–Kier alpha value is -0.280. The van der Waals surface area contributed by atoms with Crippen molar-refractivity contribution in [3.05, 3.63) is 0 Å². The first kappa shape index (κ1) is 11.7. The van der Waals surface area contributed by atoms with Crippen molar-refractivity contribution >= 4 is 5.97 Å². The van der Waals surface area contributed by atoms with Gasteiger partial charge in [0.25, 0.3) is 0 Å². The summed E-state index contributed by atoms with van der Waals surface area (Å²) in [6.45, 7) is 3.66. The molecule has 12 heavy (non-hydrogen) atoms. The van der Waals surface area contributed by atoms with Gasteiger partial charge in [0.15, 0.2) is 0 Å². The highest BCUT2D eigenvalue weighted by molar-refractivity contribution is 5.72. The van der Waals surface area contributed by atoms with E-state index < -0.39 is 5.97 Å². The molecule has 1 rings (SSSR count). The molecule has 0 bridgehead atoms. The summed E-state index contributed by atoms with van der Waals surface area (Å²) in [7, 11) is 0. The number of piperidine rings is 1. The van der Waals surface area contributed by atoms with Gasteiger partial charge in [-0.3, -0.25) is 9.69 Å². The lowest BCUT2D eigenvalue weighted by atomic mass is 10.1. The van der Waals surface area contributed by atoms with Crippen LogP contribution in [0.2, 0.25) is 0 Å². The molecule has 3 nitrogen and oxygen atoms in total. The van der Waals surface area contributed by atoms with Crippen molar-refractivity contribution in [2.75, 3.05) is 13.1 Å². The summed E-state index contributed by atoms with van der Waals surface area (Å²) in [6.07, 6.45) is 3.55. The second-order valence-corrected chi connectivity index (χ2v) is 3.11. The molecule has 0 aliphatic carbocycles. The summed E-state index contributed by atoms with van der Waals surface area (Å²) < 4.78 is 0. The molecule has 1 aliphatic rings. The summed E-state index contributed by atoms with van der Waals surface area (Å²) >= 11 is 0. The molecule has 72 valence electrons. The van der Waals surface area contributed by atoms with Crippen molar-refractivity contribution in [3.63, 3.8) is 0 Å². The van der Waals surface area contributed by atoms with Crippen LogP contribution in [0, 0.1) is 0 Å². The lowest BCUT2D eigenvalue weighted by molar-refractivity contribution is -0.142. The molecule has 0 amide bonds. The van der Waals surface area contributed by atoms with Gasteiger partial charge in [0, 0.05) is 0 Å². The van der Waals surface area contributed by atoms with Crippen molar-refractivity contribution in [2.24, 2.45) is 0 Å². The Labute approximate surface area is 79.2 Å². The Bertz CT molecular complexity index is 146. The Kier molecular flexibility index (Phi) is 5.25. The van der Waals surface area contributed by atoms with Crippen LogP contribution in [0.25, 0.3) is 0 Å². The van der Waals surface area contributed by atoms with Crippen LogP contribution >= 0.6 is 0 Å². The minimum atomic E-state index is -0.702. The maximum Gasteiger partial charge on any atom is 0.320 e. The summed E-state index contributed by atoms with van der Waals surface area (Å²) in [4.78, 5) is 12.6. The zero-order chi connectivity index (χ0) is 8.27. The van der Waals surface area contributed by atoms with Gasteiger partial charge in [-0.05, 0) is 32.9 Å². The molecule has 1 heterocycles. The van der Waals surface area contributed by atoms with Crippen molar-refractivity contribution in [1.29, 1.82) is 0 Å². The van der Waals surface area contributed by atoms with Crippen LogP contribution in [0.4, 0.5) is 0 Å². The minimum Gasteiger partial charge on any atom is -1.00 e. The molecule has 1 fully saturated rings. The van der Waals surface area contributed by atoms with Crippen molar-refractivity contribution in [1.82, 2.24) is 4.90 Å². The zero-order valence-electron chi connectivity index (χ0n) is 7.29. The summed E-state index contributed by atoms with van der Waals surface area (Å²) in [5.41, 5.74) is 0. The number of carboxylic acids is 1. The van der Waals surface area contributed by atoms with E-state index in [4.69, 9.17) is 5.11 Å². The molecular formula is C8H15ClNO2-. The predicted molar refractivity (Wildman–Crippen MR) is 42.5 cm³/mol. The third-order valence-corrected chi connectivity index (χ3v) is 2.30. The normalized spacial score (nSPS) is 21.1. The number of aliphatic carboxylic acids is 1. The van der Waals surface area contributed by atoms with Gasteiger partial charge in [-0.25, -0.2) is 0 Å². The van der Waals surface area contributed by atoms with Gasteiger partial charge in [0.2, 0.25) is 0 Å². The standard InChI is InChI=1S/C8H15NO2.ClH/c1-7(8(10)11)9-5-3-2-4-6-9;/h7H,2-6H2,1H3,(H,10,11);1H/p-1. The fourth-order valence-electron chi connectivity index (χ4n) is 1.46. The van der Waals surface area contributed by atoms with Gasteiger partial charge in [-0.1, -0.05) is 6.42 Å². The summed E-state index contributed by atoms with van der Waals surface area (Å²) in [5, 5.41) is 8.69. The Morgan fingerprint density at radius 1 is 1.33 bits per heavy atom. The first-order valence-electron chi connectivity index (χ1n) is 4.18. The van der Waals surface area contributed by atoms with Crippen LogP contribution in [0.15, 0.2) is 0 Å². The number of halogens is 1. The lowest BCUT2D eigenvalue weighted by Crippen LogP contribution is -3.00. The number of hydrogen-bond donors (Lipinski definition) is 1. The monoisotopic (exact) mass is 192 g/mol. The molecule has 0 saturated carbocycles. The SMILES string of the molecule is CC(C(=O)O)N1CCCCC1.[Cl-]. The molecule has 1 N–H and O–H groups in total. The highest BCUT2D eigenvalue weighted by atomic mass is 35.5. The second kappa shape index (κ2) is 5.38. The quantitative estimate of drug-likeness (QED) is 0.548. The number of carbonyl (C=O) groups is 1. The number of rotatable bonds is 2. The number of carboxylic acid groups (broad SMARTS) is 1. The van der Waals surface area contributed by atoms with E-state index >= 15 is 0 Å². The van der Waals surface area contributed by atoms with E-state index in [1.165, 1.54) is 6.42 Å². The van der Waals surface area contributed by atoms with Gasteiger partial charge >= 0.3 is 5.97 Å². The highest BCUT2D eigenvalue weighted by Gasteiger charge is 2.21. The maximum absolute atomic E-state index is 10.6. The van der Waals surface area contributed by atoms with Gasteiger partial charge in [-0.2, -0.15) is 0 Å². The van der Waals surface area contributed by atoms with Crippen LogP contribution in [-0.2, 0) is 4.79 Å². The van der Waals surface area contributed by atoms with Crippen LogP contribution in [0.1, 0.15) is 26.2 Å². The van der Waals surface area contributed by atoms with Crippen LogP contribution in [-0.4, -0.2) is 35.1 Å². The predicted octanol–water partition coefficient (Wildman–Crippen LogP) is -2.05. The van der Waals surface area contributed by atoms with E-state index in [1.54, 1.807) is 6.92 Å². The molecule has 1 unspecified atom stereocenters. The van der Waals surface area contributed by atoms with Crippen LogP contribution in [0.3, 0.4) is 0 Å². The Balaban J connectivity index is 0.00000121. The Morgan fingerprint density at radius 3 is 2.25 bits per heavy atom. The van der Waals surface area contributed by atoms with Gasteiger partial charge in [-0.15, -0.1) is 0 Å². The molecule has 0 aromatic heterocycles. The van der Waals surface area contributed by atoms with Crippen molar-refractivity contribution < 1.29 is 22.3 Å². The molecule has 0 spiro atoms. The van der Waals surface area contributed by atoms with E-state index in [2.05, 4.69) is 0 Å². The van der Waals surface area contributed by atoms with Crippen molar-refractivity contribution in [2.45, 2.75) is 32.2 Å². The number of likely N-dealkylation sites (tertiary alicyclic amines) is 1. The van der Waals surface area contributed by atoms with Crippen molar-refractivity contribution in [3.8, 4) is 0 Å². The van der Waals surface area contributed by atoms with E-state index in [9.17, 15) is 4.79 Å². The Morgan fingerprint density at radius 2 is 1.83 bits per heavy atom. The lowest BCUT2D eigenvalue weighted by Gasteiger charge is -2.29. The molecule has 1 atom stereocenters. The minimum absolute atomic E-state index is 0. The topological polar surface area (TPSA) is 40.5 Å².